The number of carbonyl (C=O) groups excluding carboxylic acids is 1. The van der Waals surface area contributed by atoms with Crippen molar-refractivity contribution in [1.82, 2.24) is 5.32 Å². The van der Waals surface area contributed by atoms with Crippen LogP contribution in [0.4, 0.5) is 5.69 Å². The monoisotopic (exact) mass is 236 g/mol. The van der Waals surface area contributed by atoms with E-state index < -0.39 is 0 Å². The van der Waals surface area contributed by atoms with E-state index in [0.717, 1.165) is 13.0 Å². The lowest BCUT2D eigenvalue weighted by atomic mass is 10.0. The van der Waals surface area contributed by atoms with Gasteiger partial charge in [-0.25, -0.2) is 0 Å². The molecule has 4 nitrogen and oxygen atoms in total. The molecule has 0 heterocycles. The van der Waals surface area contributed by atoms with Crippen molar-refractivity contribution in [3.63, 3.8) is 0 Å². The Morgan fingerprint density at radius 2 is 2.24 bits per heavy atom. The van der Waals surface area contributed by atoms with Crippen molar-refractivity contribution in [2.75, 3.05) is 19.4 Å². The van der Waals surface area contributed by atoms with Crippen LogP contribution in [0.25, 0.3) is 0 Å². The lowest BCUT2D eigenvalue weighted by Gasteiger charge is -2.13. The normalized spacial score (nSPS) is 12.2. The van der Waals surface area contributed by atoms with Crippen molar-refractivity contribution in [2.45, 2.75) is 26.3 Å². The fourth-order valence-corrected chi connectivity index (χ4v) is 1.59. The largest absolute Gasteiger partial charge is 0.495 e. The van der Waals surface area contributed by atoms with Crippen LogP contribution in [0.5, 0.6) is 5.75 Å². The third-order valence-corrected chi connectivity index (χ3v) is 2.61. The van der Waals surface area contributed by atoms with Gasteiger partial charge in [0.05, 0.1) is 18.8 Å². The first kappa shape index (κ1) is 13.5. The van der Waals surface area contributed by atoms with Crippen LogP contribution < -0.4 is 15.8 Å². The molecular weight excluding hydrogens is 216 g/mol. The number of Topliss-reactive ketones (excluding diaryl/α,β-unsaturated/α-hetero) is 1. The minimum absolute atomic E-state index is 0.0489. The first-order valence-electron chi connectivity index (χ1n) is 5.81. The molecule has 1 aromatic rings. The van der Waals surface area contributed by atoms with Crippen molar-refractivity contribution in [3.8, 4) is 5.75 Å². The third-order valence-electron chi connectivity index (χ3n) is 2.61. The Hall–Kier alpha value is -1.55. The van der Waals surface area contributed by atoms with Gasteiger partial charge in [-0.15, -0.1) is 0 Å². The number of nitrogens with one attached hydrogen (secondary N) is 1. The zero-order valence-corrected chi connectivity index (χ0v) is 10.6. The van der Waals surface area contributed by atoms with E-state index in [2.05, 4.69) is 12.2 Å². The number of carbonyl (C=O) groups is 1. The summed E-state index contributed by atoms with van der Waals surface area (Å²) in [6.07, 6.45) is 1.00. The zero-order chi connectivity index (χ0) is 12.8. The second-order valence-corrected chi connectivity index (χ2v) is 4.00. The van der Waals surface area contributed by atoms with E-state index in [0.29, 0.717) is 17.0 Å². The molecule has 3 N–H and O–H groups in total. The Bertz CT molecular complexity index is 391. The lowest BCUT2D eigenvalue weighted by molar-refractivity contribution is 0.0951. The van der Waals surface area contributed by atoms with Crippen LogP contribution in [0.3, 0.4) is 0 Å². The molecule has 0 saturated heterocycles. The maximum absolute atomic E-state index is 12.0. The molecule has 4 heteroatoms. The summed E-state index contributed by atoms with van der Waals surface area (Å²) in [5, 5.41) is 3.16. The van der Waals surface area contributed by atoms with E-state index >= 15 is 0 Å². The Kier molecular flexibility index (Phi) is 4.97. The quantitative estimate of drug-likeness (QED) is 0.584. The summed E-state index contributed by atoms with van der Waals surface area (Å²) in [6.45, 7) is 4.76. The maximum atomic E-state index is 12.0. The lowest BCUT2D eigenvalue weighted by Crippen LogP contribution is -2.34. The van der Waals surface area contributed by atoms with Crippen LogP contribution >= 0.6 is 0 Å². The van der Waals surface area contributed by atoms with Crippen molar-refractivity contribution < 1.29 is 9.53 Å². The molecule has 0 aliphatic heterocycles. The molecule has 0 radical (unpaired) electrons. The molecule has 17 heavy (non-hydrogen) atoms. The van der Waals surface area contributed by atoms with Crippen molar-refractivity contribution in [2.24, 2.45) is 0 Å². The number of methoxy groups -OCH3 is 1. The molecule has 0 aliphatic rings. The first-order valence-corrected chi connectivity index (χ1v) is 5.81. The fourth-order valence-electron chi connectivity index (χ4n) is 1.59. The topological polar surface area (TPSA) is 64.3 Å². The second-order valence-electron chi connectivity index (χ2n) is 4.00. The van der Waals surface area contributed by atoms with E-state index in [-0.39, 0.29) is 11.8 Å². The molecule has 1 aromatic carbocycles. The van der Waals surface area contributed by atoms with Crippen LogP contribution in [-0.2, 0) is 0 Å². The molecule has 94 valence electrons. The number of ketones is 1. The van der Waals surface area contributed by atoms with Crippen LogP contribution in [0.1, 0.15) is 30.6 Å². The third kappa shape index (κ3) is 3.46. The summed E-state index contributed by atoms with van der Waals surface area (Å²) in [7, 11) is 1.55. The van der Waals surface area contributed by atoms with Gasteiger partial charge in [0.1, 0.15) is 5.75 Å². The molecular formula is C13H20N2O2. The number of rotatable bonds is 6. The van der Waals surface area contributed by atoms with Crippen LogP contribution in [0.15, 0.2) is 18.2 Å². The molecule has 0 aliphatic carbocycles. The standard InChI is InChI=1S/C13H20N2O2/c1-4-7-15-9(2)13(16)10-5-6-12(17-3)11(14)8-10/h5-6,8-9,15H,4,7,14H2,1-3H3. The molecule has 0 saturated carbocycles. The molecule has 1 atom stereocenters. The van der Waals surface area contributed by atoms with E-state index in [1.807, 2.05) is 6.92 Å². The average Bonchev–Trinajstić information content (AvgIpc) is 2.34. The van der Waals surface area contributed by atoms with Crippen molar-refractivity contribution >= 4 is 11.5 Å². The van der Waals surface area contributed by atoms with Gasteiger partial charge in [-0.1, -0.05) is 6.92 Å². The number of ether oxygens (including phenoxy) is 1. The number of hydrogen-bond acceptors (Lipinski definition) is 4. The number of benzene rings is 1. The molecule has 0 amide bonds. The van der Waals surface area contributed by atoms with Gasteiger partial charge in [0.25, 0.3) is 0 Å². The minimum Gasteiger partial charge on any atom is -0.495 e. The van der Waals surface area contributed by atoms with Gasteiger partial charge >= 0.3 is 0 Å². The highest BCUT2D eigenvalue weighted by molar-refractivity contribution is 6.00. The average molecular weight is 236 g/mol. The van der Waals surface area contributed by atoms with Gasteiger partial charge < -0.3 is 15.8 Å². The first-order chi connectivity index (χ1) is 8.10. The Labute approximate surface area is 102 Å². The molecule has 0 aromatic heterocycles. The predicted octanol–water partition coefficient (Wildman–Crippen LogP) is 1.85. The number of anilines is 1. The summed E-state index contributed by atoms with van der Waals surface area (Å²) >= 11 is 0. The van der Waals surface area contributed by atoms with E-state index in [4.69, 9.17) is 10.5 Å². The number of nitrogen functional groups attached to an aromatic ring is 1. The maximum Gasteiger partial charge on any atom is 0.179 e. The number of nitrogens with two attached hydrogens (primary N) is 1. The van der Waals surface area contributed by atoms with Gasteiger partial charge in [0.15, 0.2) is 5.78 Å². The molecule has 1 rings (SSSR count). The highest BCUT2D eigenvalue weighted by Crippen LogP contribution is 2.22. The Balaban J connectivity index is 2.78. The van der Waals surface area contributed by atoms with E-state index in [9.17, 15) is 4.79 Å². The number of hydrogen-bond donors (Lipinski definition) is 2. The molecule has 0 fully saturated rings. The summed E-state index contributed by atoms with van der Waals surface area (Å²) in [4.78, 5) is 12.0. The second kappa shape index (κ2) is 6.25. The minimum atomic E-state index is -0.192. The summed E-state index contributed by atoms with van der Waals surface area (Å²) in [5.41, 5.74) is 6.87. The SMILES string of the molecule is CCCNC(C)C(=O)c1ccc(OC)c(N)c1. The molecule has 0 spiro atoms. The smallest absolute Gasteiger partial charge is 0.179 e. The Morgan fingerprint density at radius 1 is 1.53 bits per heavy atom. The van der Waals surface area contributed by atoms with Gasteiger partial charge in [0, 0.05) is 5.56 Å². The van der Waals surface area contributed by atoms with Crippen LogP contribution in [-0.4, -0.2) is 25.5 Å². The van der Waals surface area contributed by atoms with Crippen LogP contribution in [0.2, 0.25) is 0 Å². The summed E-state index contributed by atoms with van der Waals surface area (Å²) in [5.74, 6) is 0.642. The zero-order valence-electron chi connectivity index (χ0n) is 10.6. The predicted molar refractivity (Wildman–Crippen MR) is 69.5 cm³/mol. The van der Waals surface area contributed by atoms with Crippen molar-refractivity contribution in [1.29, 1.82) is 0 Å². The van der Waals surface area contributed by atoms with Gasteiger partial charge in [0.2, 0.25) is 0 Å². The van der Waals surface area contributed by atoms with Gasteiger partial charge in [-0.2, -0.15) is 0 Å². The highest BCUT2D eigenvalue weighted by Gasteiger charge is 2.15. The summed E-state index contributed by atoms with van der Waals surface area (Å²) in [6, 6.07) is 4.92. The Morgan fingerprint density at radius 3 is 2.76 bits per heavy atom. The fraction of sp³-hybridized carbons (Fsp3) is 0.462. The van der Waals surface area contributed by atoms with Crippen LogP contribution in [0, 0.1) is 0 Å². The molecule has 0 bridgehead atoms. The molecule has 1 unspecified atom stereocenters. The van der Waals surface area contributed by atoms with Gasteiger partial charge in [-0.3, -0.25) is 4.79 Å². The van der Waals surface area contributed by atoms with Crippen molar-refractivity contribution in [3.05, 3.63) is 23.8 Å². The highest BCUT2D eigenvalue weighted by atomic mass is 16.5. The van der Waals surface area contributed by atoms with E-state index in [1.165, 1.54) is 0 Å². The summed E-state index contributed by atoms with van der Waals surface area (Å²) < 4.78 is 5.05. The van der Waals surface area contributed by atoms with Gasteiger partial charge in [-0.05, 0) is 38.1 Å². The van der Waals surface area contributed by atoms with E-state index in [1.54, 1.807) is 25.3 Å².